The standard InChI is InChI=1S/C14H15N5/c1-19-7-6-16-13(19)9-18-14-12-3-2-11(15)8-10(12)4-5-17-14/h2-8H,9,15H2,1H3,(H,17,18). The second-order valence-electron chi connectivity index (χ2n) is 4.45. The number of nitrogens with two attached hydrogens (primary N) is 1. The maximum atomic E-state index is 5.79. The number of aryl methyl sites for hydroxylation is 1. The Kier molecular flexibility index (Phi) is 2.79. The number of pyridine rings is 1. The molecule has 0 aliphatic heterocycles. The minimum absolute atomic E-state index is 0.639. The number of nitrogens with zero attached hydrogens (tertiary/aromatic N) is 3. The molecular formula is C14H15N5. The maximum Gasteiger partial charge on any atom is 0.134 e. The topological polar surface area (TPSA) is 68.8 Å². The first-order chi connectivity index (χ1) is 9.24. The van der Waals surface area contributed by atoms with E-state index in [0.29, 0.717) is 6.54 Å². The molecule has 3 N–H and O–H groups in total. The number of anilines is 2. The number of rotatable bonds is 3. The predicted molar refractivity (Wildman–Crippen MR) is 76.7 cm³/mol. The van der Waals surface area contributed by atoms with E-state index in [2.05, 4.69) is 15.3 Å². The normalized spacial score (nSPS) is 10.8. The Morgan fingerprint density at radius 3 is 2.89 bits per heavy atom. The molecule has 5 nitrogen and oxygen atoms in total. The van der Waals surface area contributed by atoms with Crippen molar-refractivity contribution >= 4 is 22.3 Å². The van der Waals surface area contributed by atoms with Crippen LogP contribution >= 0.6 is 0 Å². The lowest BCUT2D eigenvalue weighted by Gasteiger charge is -2.09. The van der Waals surface area contributed by atoms with Crippen molar-refractivity contribution in [3.8, 4) is 0 Å². The highest BCUT2D eigenvalue weighted by Crippen LogP contribution is 2.23. The Morgan fingerprint density at radius 1 is 1.21 bits per heavy atom. The zero-order valence-electron chi connectivity index (χ0n) is 10.7. The van der Waals surface area contributed by atoms with Gasteiger partial charge in [-0.3, -0.25) is 0 Å². The van der Waals surface area contributed by atoms with Crippen LogP contribution in [0, 0.1) is 0 Å². The van der Waals surface area contributed by atoms with E-state index in [0.717, 1.165) is 28.1 Å². The fourth-order valence-corrected chi connectivity index (χ4v) is 2.07. The van der Waals surface area contributed by atoms with Gasteiger partial charge in [-0.2, -0.15) is 0 Å². The molecule has 0 fully saturated rings. The maximum absolute atomic E-state index is 5.79. The van der Waals surface area contributed by atoms with Gasteiger partial charge in [-0.25, -0.2) is 9.97 Å². The Hall–Kier alpha value is -2.56. The Morgan fingerprint density at radius 2 is 2.11 bits per heavy atom. The van der Waals surface area contributed by atoms with E-state index < -0.39 is 0 Å². The molecule has 19 heavy (non-hydrogen) atoms. The summed E-state index contributed by atoms with van der Waals surface area (Å²) in [7, 11) is 1.97. The average Bonchev–Trinajstić information content (AvgIpc) is 2.81. The summed E-state index contributed by atoms with van der Waals surface area (Å²) < 4.78 is 1.98. The molecule has 3 rings (SSSR count). The van der Waals surface area contributed by atoms with Gasteiger partial charge < -0.3 is 15.6 Å². The lowest BCUT2D eigenvalue weighted by Crippen LogP contribution is -2.07. The van der Waals surface area contributed by atoms with Gasteiger partial charge in [0.15, 0.2) is 0 Å². The predicted octanol–water partition coefficient (Wildman–Crippen LogP) is 2.16. The minimum atomic E-state index is 0.639. The van der Waals surface area contributed by atoms with Gasteiger partial charge in [-0.05, 0) is 29.7 Å². The molecule has 0 bridgehead atoms. The summed E-state index contributed by atoms with van der Waals surface area (Å²) >= 11 is 0. The molecule has 0 radical (unpaired) electrons. The number of aromatic nitrogens is 3. The van der Waals surface area contributed by atoms with Crippen LogP contribution in [0.3, 0.4) is 0 Å². The lowest BCUT2D eigenvalue weighted by atomic mass is 10.1. The fraction of sp³-hybridized carbons (Fsp3) is 0.143. The molecule has 0 aliphatic rings. The van der Waals surface area contributed by atoms with Crippen molar-refractivity contribution < 1.29 is 0 Å². The van der Waals surface area contributed by atoms with Crippen LogP contribution in [-0.4, -0.2) is 14.5 Å². The van der Waals surface area contributed by atoms with E-state index in [1.165, 1.54) is 0 Å². The van der Waals surface area contributed by atoms with Crippen LogP contribution in [0.5, 0.6) is 0 Å². The van der Waals surface area contributed by atoms with Crippen molar-refractivity contribution in [3.05, 3.63) is 48.7 Å². The molecule has 0 spiro atoms. The molecule has 2 heterocycles. The molecule has 2 aromatic heterocycles. The Labute approximate surface area is 111 Å². The van der Waals surface area contributed by atoms with Gasteiger partial charge in [-0.15, -0.1) is 0 Å². The fourth-order valence-electron chi connectivity index (χ4n) is 2.07. The summed E-state index contributed by atoms with van der Waals surface area (Å²) in [6.45, 7) is 0.639. The van der Waals surface area contributed by atoms with Crippen LogP contribution in [0.25, 0.3) is 10.8 Å². The van der Waals surface area contributed by atoms with Crippen molar-refractivity contribution in [3.63, 3.8) is 0 Å². The van der Waals surface area contributed by atoms with Crippen molar-refractivity contribution in [1.82, 2.24) is 14.5 Å². The third kappa shape index (κ3) is 2.22. The molecule has 1 aromatic carbocycles. The largest absolute Gasteiger partial charge is 0.399 e. The number of nitrogen functional groups attached to an aromatic ring is 1. The van der Waals surface area contributed by atoms with E-state index in [9.17, 15) is 0 Å². The minimum Gasteiger partial charge on any atom is -0.399 e. The van der Waals surface area contributed by atoms with Gasteiger partial charge in [0.25, 0.3) is 0 Å². The van der Waals surface area contributed by atoms with Crippen molar-refractivity contribution in [2.24, 2.45) is 7.05 Å². The van der Waals surface area contributed by atoms with Crippen LogP contribution in [0.15, 0.2) is 42.9 Å². The van der Waals surface area contributed by atoms with Crippen LogP contribution in [-0.2, 0) is 13.6 Å². The SMILES string of the molecule is Cn1ccnc1CNc1nccc2cc(N)ccc12. The molecule has 5 heteroatoms. The second-order valence-corrected chi connectivity index (χ2v) is 4.45. The summed E-state index contributed by atoms with van der Waals surface area (Å²) in [6, 6.07) is 7.77. The van der Waals surface area contributed by atoms with E-state index >= 15 is 0 Å². The van der Waals surface area contributed by atoms with Crippen molar-refractivity contribution in [2.45, 2.75) is 6.54 Å². The molecule has 3 aromatic rings. The summed E-state index contributed by atoms with van der Waals surface area (Å²) in [6.07, 6.45) is 5.49. The summed E-state index contributed by atoms with van der Waals surface area (Å²) in [5, 5.41) is 5.46. The van der Waals surface area contributed by atoms with Crippen molar-refractivity contribution in [1.29, 1.82) is 0 Å². The van der Waals surface area contributed by atoms with Gasteiger partial charge >= 0.3 is 0 Å². The third-order valence-electron chi connectivity index (χ3n) is 3.12. The molecule has 0 atom stereocenters. The van der Waals surface area contributed by atoms with Gasteiger partial charge in [0.1, 0.15) is 11.6 Å². The smallest absolute Gasteiger partial charge is 0.134 e. The average molecular weight is 253 g/mol. The lowest BCUT2D eigenvalue weighted by molar-refractivity contribution is 0.811. The molecule has 96 valence electrons. The molecule has 0 aliphatic carbocycles. The van der Waals surface area contributed by atoms with Gasteiger partial charge in [-0.1, -0.05) is 0 Å². The van der Waals surface area contributed by atoms with E-state index in [4.69, 9.17) is 5.73 Å². The highest BCUT2D eigenvalue weighted by atomic mass is 15.1. The van der Waals surface area contributed by atoms with E-state index in [1.54, 1.807) is 12.4 Å². The first-order valence-electron chi connectivity index (χ1n) is 6.08. The highest BCUT2D eigenvalue weighted by molar-refractivity contribution is 5.93. The van der Waals surface area contributed by atoms with E-state index in [1.807, 2.05) is 42.1 Å². The first kappa shape index (κ1) is 11.5. The molecular weight excluding hydrogens is 238 g/mol. The number of imidazole rings is 1. The quantitative estimate of drug-likeness (QED) is 0.702. The van der Waals surface area contributed by atoms with Crippen LogP contribution in [0.1, 0.15) is 5.82 Å². The number of hydrogen-bond donors (Lipinski definition) is 2. The third-order valence-corrected chi connectivity index (χ3v) is 3.12. The zero-order chi connectivity index (χ0) is 13.2. The van der Waals surface area contributed by atoms with Crippen LogP contribution < -0.4 is 11.1 Å². The molecule has 0 saturated heterocycles. The highest BCUT2D eigenvalue weighted by Gasteiger charge is 2.04. The molecule has 0 unspecified atom stereocenters. The number of hydrogen-bond acceptors (Lipinski definition) is 4. The van der Waals surface area contributed by atoms with Gasteiger partial charge in [0.05, 0.1) is 6.54 Å². The molecule has 0 saturated carbocycles. The van der Waals surface area contributed by atoms with Gasteiger partial charge in [0, 0.05) is 36.7 Å². The number of benzene rings is 1. The summed E-state index contributed by atoms with van der Waals surface area (Å²) in [5.41, 5.74) is 6.55. The Bertz CT molecular complexity index is 717. The van der Waals surface area contributed by atoms with Crippen LogP contribution in [0.2, 0.25) is 0 Å². The number of nitrogens with one attached hydrogen (secondary N) is 1. The van der Waals surface area contributed by atoms with Gasteiger partial charge in [0.2, 0.25) is 0 Å². The van der Waals surface area contributed by atoms with E-state index in [-0.39, 0.29) is 0 Å². The number of fused-ring (bicyclic) bond motifs is 1. The van der Waals surface area contributed by atoms with Crippen LogP contribution in [0.4, 0.5) is 11.5 Å². The second kappa shape index (κ2) is 4.61. The first-order valence-corrected chi connectivity index (χ1v) is 6.08. The monoisotopic (exact) mass is 253 g/mol. The van der Waals surface area contributed by atoms with Crippen molar-refractivity contribution in [2.75, 3.05) is 11.1 Å². The Balaban J connectivity index is 1.91. The zero-order valence-corrected chi connectivity index (χ0v) is 10.7. The molecule has 0 amide bonds. The summed E-state index contributed by atoms with van der Waals surface area (Å²) in [5.74, 6) is 1.81. The summed E-state index contributed by atoms with van der Waals surface area (Å²) in [4.78, 5) is 8.65.